The molecular weight excluding hydrogens is 389 g/mol. The van der Waals surface area contributed by atoms with Gasteiger partial charge < -0.3 is 20.1 Å². The van der Waals surface area contributed by atoms with Gasteiger partial charge in [-0.15, -0.1) is 0 Å². The molecule has 1 aliphatic rings. The number of morpholine rings is 1. The van der Waals surface area contributed by atoms with Crippen molar-refractivity contribution in [3.63, 3.8) is 0 Å². The van der Waals surface area contributed by atoms with Crippen LogP contribution in [0.15, 0.2) is 48.5 Å². The van der Waals surface area contributed by atoms with Gasteiger partial charge >= 0.3 is 0 Å². The lowest BCUT2D eigenvalue weighted by atomic mass is 10.0. The van der Waals surface area contributed by atoms with Crippen LogP contribution in [0.3, 0.4) is 0 Å². The monoisotopic (exact) mass is 417 g/mol. The molecule has 1 fully saturated rings. The molecule has 3 rings (SSSR count). The molecule has 1 aliphatic heterocycles. The van der Waals surface area contributed by atoms with Crippen molar-refractivity contribution in [2.45, 2.75) is 12.5 Å². The molecule has 0 aliphatic carbocycles. The molecule has 2 aromatic rings. The number of benzene rings is 2. The lowest BCUT2D eigenvalue weighted by molar-refractivity contribution is 0.0170. The Kier molecular flexibility index (Phi) is 8.22. The van der Waals surface area contributed by atoms with Gasteiger partial charge in [-0.1, -0.05) is 24.3 Å². The molecule has 2 N–H and O–H groups in total. The van der Waals surface area contributed by atoms with E-state index < -0.39 is 0 Å². The number of hydrogen-bond donors (Lipinski definition) is 2. The van der Waals surface area contributed by atoms with Crippen LogP contribution in [-0.4, -0.2) is 56.5 Å². The second kappa shape index (κ2) is 11.1. The van der Waals surface area contributed by atoms with E-state index in [0.717, 1.165) is 37.4 Å². The maximum Gasteiger partial charge on any atom is 0.166 e. The fourth-order valence-corrected chi connectivity index (χ4v) is 3.58. The molecule has 1 saturated heterocycles. The largest absolute Gasteiger partial charge is 0.497 e. The minimum Gasteiger partial charge on any atom is -0.497 e. The number of hydrogen-bond acceptors (Lipinski definition) is 4. The maximum atomic E-state index is 13.3. The number of thiocarbonyl (C=S) groups is 1. The SMILES string of the molecule is COc1ccc(CCNC(=S)NCC(c2ccc(F)cc2)N2CCOCC2)cc1. The van der Waals surface area contributed by atoms with Crippen LogP contribution in [0.4, 0.5) is 4.39 Å². The third-order valence-electron chi connectivity index (χ3n) is 5.06. The van der Waals surface area contributed by atoms with Gasteiger partial charge in [0.15, 0.2) is 5.11 Å². The van der Waals surface area contributed by atoms with Gasteiger partial charge in [0.1, 0.15) is 11.6 Å². The molecule has 0 radical (unpaired) electrons. The topological polar surface area (TPSA) is 45.8 Å². The normalized spacial score (nSPS) is 15.5. The first-order valence-corrected chi connectivity index (χ1v) is 10.3. The van der Waals surface area contributed by atoms with Crippen molar-refractivity contribution in [1.29, 1.82) is 0 Å². The van der Waals surface area contributed by atoms with Crippen molar-refractivity contribution in [3.8, 4) is 5.75 Å². The van der Waals surface area contributed by atoms with Gasteiger partial charge in [-0.25, -0.2) is 4.39 Å². The molecule has 2 aromatic carbocycles. The molecular formula is C22H28FN3O2S. The van der Waals surface area contributed by atoms with E-state index in [-0.39, 0.29) is 11.9 Å². The summed E-state index contributed by atoms with van der Waals surface area (Å²) in [5.41, 5.74) is 2.29. The molecule has 156 valence electrons. The fraction of sp³-hybridized carbons (Fsp3) is 0.409. The molecule has 0 aromatic heterocycles. The first-order chi connectivity index (χ1) is 14.2. The molecule has 1 unspecified atom stereocenters. The average Bonchev–Trinajstić information content (AvgIpc) is 2.76. The van der Waals surface area contributed by atoms with Crippen LogP contribution in [-0.2, 0) is 11.2 Å². The summed E-state index contributed by atoms with van der Waals surface area (Å²) >= 11 is 5.45. The Bertz CT molecular complexity index is 765. The highest BCUT2D eigenvalue weighted by Crippen LogP contribution is 2.21. The zero-order chi connectivity index (χ0) is 20.5. The van der Waals surface area contributed by atoms with Crippen LogP contribution in [0.2, 0.25) is 0 Å². The molecule has 0 amide bonds. The van der Waals surface area contributed by atoms with E-state index in [0.29, 0.717) is 24.9 Å². The summed E-state index contributed by atoms with van der Waals surface area (Å²) in [6, 6.07) is 14.8. The molecule has 7 heteroatoms. The van der Waals surface area contributed by atoms with Crippen LogP contribution >= 0.6 is 12.2 Å². The van der Waals surface area contributed by atoms with Crippen LogP contribution in [0.5, 0.6) is 5.75 Å². The van der Waals surface area contributed by atoms with Gasteiger partial charge in [-0.3, -0.25) is 4.90 Å². The lowest BCUT2D eigenvalue weighted by Crippen LogP contribution is -2.45. The Labute approximate surface area is 177 Å². The van der Waals surface area contributed by atoms with Crippen molar-refractivity contribution in [2.24, 2.45) is 0 Å². The summed E-state index contributed by atoms with van der Waals surface area (Å²) in [7, 11) is 1.66. The predicted molar refractivity (Wildman–Crippen MR) is 117 cm³/mol. The highest BCUT2D eigenvalue weighted by Gasteiger charge is 2.22. The summed E-state index contributed by atoms with van der Waals surface area (Å²) in [6.45, 7) is 4.52. The minimum atomic E-state index is -0.224. The van der Waals surface area contributed by atoms with Crippen LogP contribution in [0.1, 0.15) is 17.2 Å². The number of ether oxygens (including phenoxy) is 2. The van der Waals surface area contributed by atoms with Gasteiger partial charge in [0, 0.05) is 26.2 Å². The summed E-state index contributed by atoms with van der Waals surface area (Å²) in [6.07, 6.45) is 0.872. The molecule has 0 saturated carbocycles. The molecule has 29 heavy (non-hydrogen) atoms. The standard InChI is InChI=1S/C22H28FN3O2S/c1-27-20-8-2-17(3-9-20)10-11-24-22(29)25-16-21(26-12-14-28-15-13-26)18-4-6-19(23)7-5-18/h2-9,21H,10-16H2,1H3,(H2,24,25,29). The molecule has 0 bridgehead atoms. The first-order valence-electron chi connectivity index (χ1n) is 9.87. The Hall–Kier alpha value is -2.22. The average molecular weight is 418 g/mol. The third-order valence-corrected chi connectivity index (χ3v) is 5.34. The molecule has 1 heterocycles. The second-order valence-electron chi connectivity index (χ2n) is 6.95. The van der Waals surface area contributed by atoms with Crippen molar-refractivity contribution in [1.82, 2.24) is 15.5 Å². The zero-order valence-electron chi connectivity index (χ0n) is 16.7. The minimum absolute atomic E-state index is 0.112. The summed E-state index contributed by atoms with van der Waals surface area (Å²) < 4.78 is 24.0. The Balaban J connectivity index is 1.49. The van der Waals surface area contributed by atoms with E-state index in [1.165, 1.54) is 17.7 Å². The maximum absolute atomic E-state index is 13.3. The number of nitrogens with zero attached hydrogens (tertiary/aromatic N) is 1. The van der Waals surface area contributed by atoms with E-state index in [9.17, 15) is 4.39 Å². The Morgan fingerprint density at radius 3 is 2.45 bits per heavy atom. The number of halogens is 1. The quantitative estimate of drug-likeness (QED) is 0.644. The lowest BCUT2D eigenvalue weighted by Gasteiger charge is -2.35. The summed E-state index contributed by atoms with van der Waals surface area (Å²) in [5, 5.41) is 7.21. The number of methoxy groups -OCH3 is 1. The summed E-state index contributed by atoms with van der Waals surface area (Å²) in [5.74, 6) is 0.631. The van der Waals surface area contributed by atoms with E-state index >= 15 is 0 Å². The van der Waals surface area contributed by atoms with Gasteiger partial charge in [0.25, 0.3) is 0 Å². The molecule has 5 nitrogen and oxygen atoms in total. The van der Waals surface area contributed by atoms with Crippen molar-refractivity contribution >= 4 is 17.3 Å². The second-order valence-corrected chi connectivity index (χ2v) is 7.36. The van der Waals surface area contributed by atoms with Crippen LogP contribution < -0.4 is 15.4 Å². The van der Waals surface area contributed by atoms with E-state index in [1.807, 2.05) is 24.3 Å². The van der Waals surface area contributed by atoms with Gasteiger partial charge in [0.2, 0.25) is 0 Å². The van der Waals surface area contributed by atoms with E-state index in [4.69, 9.17) is 21.7 Å². The van der Waals surface area contributed by atoms with Crippen LogP contribution in [0.25, 0.3) is 0 Å². The highest BCUT2D eigenvalue weighted by atomic mass is 32.1. The molecule has 1 atom stereocenters. The van der Waals surface area contributed by atoms with Gasteiger partial charge in [-0.2, -0.15) is 0 Å². The Morgan fingerprint density at radius 1 is 1.10 bits per heavy atom. The smallest absolute Gasteiger partial charge is 0.166 e. The number of nitrogens with one attached hydrogen (secondary N) is 2. The summed E-state index contributed by atoms with van der Waals surface area (Å²) in [4.78, 5) is 2.35. The first kappa shape index (κ1) is 21.5. The fourth-order valence-electron chi connectivity index (χ4n) is 3.40. The Morgan fingerprint density at radius 2 is 1.79 bits per heavy atom. The third kappa shape index (κ3) is 6.66. The highest BCUT2D eigenvalue weighted by molar-refractivity contribution is 7.80. The molecule has 0 spiro atoms. The van der Waals surface area contributed by atoms with E-state index in [1.54, 1.807) is 7.11 Å². The predicted octanol–water partition coefficient (Wildman–Crippen LogP) is 2.91. The van der Waals surface area contributed by atoms with Crippen LogP contribution in [0, 0.1) is 5.82 Å². The van der Waals surface area contributed by atoms with Crippen molar-refractivity contribution < 1.29 is 13.9 Å². The van der Waals surface area contributed by atoms with E-state index in [2.05, 4.69) is 27.7 Å². The van der Waals surface area contributed by atoms with Crippen molar-refractivity contribution in [3.05, 3.63) is 65.5 Å². The number of rotatable bonds is 8. The zero-order valence-corrected chi connectivity index (χ0v) is 17.5. The van der Waals surface area contributed by atoms with Gasteiger partial charge in [0.05, 0.1) is 26.4 Å². The van der Waals surface area contributed by atoms with Gasteiger partial charge in [-0.05, 0) is 54.0 Å². The van der Waals surface area contributed by atoms with Crippen molar-refractivity contribution in [2.75, 3.05) is 46.5 Å².